The molecule has 2 nitrogen and oxygen atoms in total. The molecular weight excluding hydrogens is 301 g/mol. The Balaban J connectivity index is 1.94. The van der Waals surface area contributed by atoms with E-state index in [1.807, 2.05) is 0 Å². The molecule has 1 unspecified atom stereocenters. The smallest absolute Gasteiger partial charge is 0.223 e. The van der Waals surface area contributed by atoms with Crippen molar-refractivity contribution < 1.29 is 4.79 Å². The van der Waals surface area contributed by atoms with Gasteiger partial charge in [0.15, 0.2) is 0 Å². The second kappa shape index (κ2) is 6.06. The molecule has 0 aromatic rings. The van der Waals surface area contributed by atoms with E-state index < -0.39 is 0 Å². The Labute approximate surface area is 107 Å². The first kappa shape index (κ1) is 13.3. The van der Waals surface area contributed by atoms with E-state index in [4.69, 9.17) is 0 Å². The summed E-state index contributed by atoms with van der Waals surface area (Å²) in [6.07, 6.45) is 6.05. The van der Waals surface area contributed by atoms with E-state index in [-0.39, 0.29) is 17.2 Å². The van der Waals surface area contributed by atoms with Crippen LogP contribution in [0.15, 0.2) is 0 Å². The Hall–Kier alpha value is 0.200. The minimum Gasteiger partial charge on any atom is -0.356 e. The molecule has 0 aromatic heterocycles. The van der Waals surface area contributed by atoms with E-state index in [2.05, 4.69) is 41.8 Å². The molecule has 15 heavy (non-hydrogen) atoms. The van der Waals surface area contributed by atoms with E-state index in [1.165, 1.54) is 23.7 Å². The summed E-state index contributed by atoms with van der Waals surface area (Å²) >= 11 is 2.41. The molecule has 0 aliphatic heterocycles. The Kier molecular flexibility index (Phi) is 5.36. The molecule has 0 heterocycles. The van der Waals surface area contributed by atoms with Crippen molar-refractivity contribution >= 4 is 28.5 Å². The van der Waals surface area contributed by atoms with Gasteiger partial charge in [0.2, 0.25) is 5.91 Å². The average molecular weight is 323 g/mol. The molecule has 1 fully saturated rings. The normalized spacial score (nSPS) is 22.5. The topological polar surface area (TPSA) is 29.1 Å². The Bertz CT molecular complexity index is 216. The lowest BCUT2D eigenvalue weighted by Gasteiger charge is -2.06. The number of carbonyl (C=O) groups is 1. The van der Waals surface area contributed by atoms with Crippen molar-refractivity contribution in [1.82, 2.24) is 5.32 Å². The van der Waals surface area contributed by atoms with E-state index in [0.29, 0.717) is 0 Å². The molecule has 0 radical (unpaired) electrons. The highest BCUT2D eigenvalue weighted by molar-refractivity contribution is 14.1. The second-order valence-electron chi connectivity index (χ2n) is 5.14. The summed E-state index contributed by atoms with van der Waals surface area (Å²) in [6.45, 7) is 5.20. The maximum atomic E-state index is 11.6. The molecule has 1 aliphatic rings. The summed E-state index contributed by atoms with van der Waals surface area (Å²) in [4.78, 5) is 11.6. The van der Waals surface area contributed by atoms with Crippen molar-refractivity contribution in [2.75, 3.05) is 11.0 Å². The second-order valence-corrected chi connectivity index (χ2v) is 6.22. The van der Waals surface area contributed by atoms with Crippen LogP contribution in [0.3, 0.4) is 0 Å². The Morgan fingerprint density at radius 2 is 1.93 bits per heavy atom. The number of rotatable bonds is 7. The lowest BCUT2D eigenvalue weighted by atomic mass is 10.1. The molecule has 0 spiro atoms. The first-order chi connectivity index (χ1) is 7.08. The van der Waals surface area contributed by atoms with Gasteiger partial charge in [0, 0.05) is 12.5 Å². The number of halogens is 1. The molecule has 1 saturated carbocycles. The van der Waals surface area contributed by atoms with Crippen molar-refractivity contribution in [2.24, 2.45) is 11.3 Å². The van der Waals surface area contributed by atoms with E-state index in [0.717, 1.165) is 19.4 Å². The number of amides is 1. The van der Waals surface area contributed by atoms with Crippen LogP contribution in [0, 0.1) is 11.3 Å². The molecule has 1 amide bonds. The van der Waals surface area contributed by atoms with Crippen molar-refractivity contribution in [3.63, 3.8) is 0 Å². The van der Waals surface area contributed by atoms with Crippen LogP contribution in [-0.2, 0) is 4.79 Å². The third kappa shape index (κ3) is 4.70. The number of hydrogen-bond acceptors (Lipinski definition) is 1. The molecule has 88 valence electrons. The molecule has 1 rings (SSSR count). The van der Waals surface area contributed by atoms with E-state index in [1.54, 1.807) is 0 Å². The highest BCUT2D eigenvalue weighted by Gasteiger charge is 2.50. The van der Waals surface area contributed by atoms with Crippen LogP contribution in [0.5, 0.6) is 0 Å². The zero-order chi connectivity index (χ0) is 11.3. The van der Waals surface area contributed by atoms with Gasteiger partial charge in [-0.2, -0.15) is 0 Å². The molecule has 0 aromatic carbocycles. The zero-order valence-corrected chi connectivity index (χ0v) is 12.0. The van der Waals surface area contributed by atoms with Gasteiger partial charge in [-0.25, -0.2) is 0 Å². The molecule has 1 aliphatic carbocycles. The predicted octanol–water partition coefficient (Wildman–Crippen LogP) is 3.14. The van der Waals surface area contributed by atoms with Gasteiger partial charge in [0.1, 0.15) is 0 Å². The minimum atomic E-state index is 0.269. The monoisotopic (exact) mass is 323 g/mol. The summed E-state index contributed by atoms with van der Waals surface area (Å²) in [6, 6.07) is 0. The third-order valence-electron chi connectivity index (χ3n) is 3.19. The fourth-order valence-corrected chi connectivity index (χ4v) is 2.36. The minimum absolute atomic E-state index is 0.269. The van der Waals surface area contributed by atoms with Crippen LogP contribution in [-0.4, -0.2) is 16.9 Å². The quantitative estimate of drug-likeness (QED) is 0.435. The van der Waals surface area contributed by atoms with Crippen LogP contribution in [0.1, 0.15) is 46.0 Å². The number of nitrogens with one attached hydrogen (secondary N) is 1. The highest BCUT2D eigenvalue weighted by Crippen LogP contribution is 2.51. The lowest BCUT2D eigenvalue weighted by molar-refractivity contribution is -0.122. The summed E-state index contributed by atoms with van der Waals surface area (Å²) in [7, 11) is 0. The predicted molar refractivity (Wildman–Crippen MR) is 72.3 cm³/mol. The number of hydrogen-bond donors (Lipinski definition) is 1. The summed E-state index contributed by atoms with van der Waals surface area (Å²) < 4.78 is 1.25. The molecule has 0 saturated heterocycles. The standard InChI is InChI=1S/C12H22INO/c1-12(2)9-10(12)11(15)14-8-6-4-3-5-7-13/h10H,3-9H2,1-2H3,(H,14,15). The lowest BCUT2D eigenvalue weighted by Crippen LogP contribution is -2.27. The zero-order valence-electron chi connectivity index (χ0n) is 9.81. The van der Waals surface area contributed by atoms with Crippen LogP contribution < -0.4 is 5.32 Å². The maximum absolute atomic E-state index is 11.6. The van der Waals surface area contributed by atoms with E-state index in [9.17, 15) is 4.79 Å². The van der Waals surface area contributed by atoms with Gasteiger partial charge in [-0.3, -0.25) is 4.79 Å². The van der Waals surface area contributed by atoms with Gasteiger partial charge in [-0.1, -0.05) is 49.3 Å². The molecule has 3 heteroatoms. The first-order valence-electron chi connectivity index (χ1n) is 5.91. The van der Waals surface area contributed by atoms with Crippen LogP contribution in [0.4, 0.5) is 0 Å². The van der Waals surface area contributed by atoms with Crippen molar-refractivity contribution in [2.45, 2.75) is 46.0 Å². The third-order valence-corrected chi connectivity index (χ3v) is 3.95. The van der Waals surface area contributed by atoms with Gasteiger partial charge < -0.3 is 5.32 Å². The number of unbranched alkanes of at least 4 members (excludes halogenated alkanes) is 3. The number of alkyl halides is 1. The van der Waals surface area contributed by atoms with Crippen LogP contribution in [0.25, 0.3) is 0 Å². The Morgan fingerprint density at radius 3 is 2.47 bits per heavy atom. The van der Waals surface area contributed by atoms with Crippen molar-refractivity contribution in [1.29, 1.82) is 0 Å². The van der Waals surface area contributed by atoms with E-state index >= 15 is 0 Å². The van der Waals surface area contributed by atoms with Crippen molar-refractivity contribution in [3.8, 4) is 0 Å². The molecular formula is C12H22INO. The summed E-state index contributed by atoms with van der Waals surface area (Å²) in [5.41, 5.74) is 0.269. The maximum Gasteiger partial charge on any atom is 0.223 e. The molecule has 0 bridgehead atoms. The van der Waals surface area contributed by atoms with Gasteiger partial charge in [-0.05, 0) is 29.1 Å². The van der Waals surface area contributed by atoms with Gasteiger partial charge in [0.05, 0.1) is 0 Å². The van der Waals surface area contributed by atoms with Crippen LogP contribution in [0.2, 0.25) is 0 Å². The molecule has 1 atom stereocenters. The van der Waals surface area contributed by atoms with Gasteiger partial charge in [-0.15, -0.1) is 0 Å². The first-order valence-corrected chi connectivity index (χ1v) is 7.44. The fraction of sp³-hybridized carbons (Fsp3) is 0.917. The Morgan fingerprint density at radius 1 is 1.33 bits per heavy atom. The fourth-order valence-electron chi connectivity index (χ4n) is 1.82. The highest BCUT2D eigenvalue weighted by atomic mass is 127. The summed E-state index contributed by atoms with van der Waals surface area (Å²) in [5, 5.41) is 3.04. The van der Waals surface area contributed by atoms with Crippen molar-refractivity contribution in [3.05, 3.63) is 0 Å². The van der Waals surface area contributed by atoms with Crippen LogP contribution >= 0.6 is 22.6 Å². The largest absolute Gasteiger partial charge is 0.356 e. The van der Waals surface area contributed by atoms with Gasteiger partial charge >= 0.3 is 0 Å². The average Bonchev–Trinajstić information content (AvgIpc) is 2.81. The number of carbonyl (C=O) groups excluding carboxylic acids is 1. The molecule has 1 N–H and O–H groups in total. The SMILES string of the molecule is CC1(C)CC1C(=O)NCCCCCCI. The summed E-state index contributed by atoms with van der Waals surface area (Å²) in [5.74, 6) is 0.556. The van der Waals surface area contributed by atoms with Gasteiger partial charge in [0.25, 0.3) is 0 Å².